The summed E-state index contributed by atoms with van der Waals surface area (Å²) in [6.07, 6.45) is 10.2. The lowest BCUT2D eigenvalue weighted by Crippen LogP contribution is -2.51. The van der Waals surface area contributed by atoms with Crippen LogP contribution in [0.1, 0.15) is 130 Å². The molecular formula is C57H75Cl4N13O10S2. The molecule has 12 rings (SSSR count). The molecule has 4 N–H and O–H groups in total. The van der Waals surface area contributed by atoms with Gasteiger partial charge in [0, 0.05) is 86.7 Å². The Morgan fingerprint density at radius 3 is 1.36 bits per heavy atom. The number of β-amino-alcohol motifs (C(OH)–C–C–N with tert-alkyl or cyclic N) is 1. The second kappa shape index (κ2) is 27.1. The third-order valence-corrected chi connectivity index (χ3v) is 17.6. The number of sulfonamides is 2. The Hall–Kier alpha value is -5.48. The van der Waals surface area contributed by atoms with Gasteiger partial charge in [0.2, 0.25) is 20.0 Å². The van der Waals surface area contributed by atoms with Gasteiger partial charge in [-0.25, -0.2) is 26.8 Å². The lowest BCUT2D eigenvalue weighted by molar-refractivity contribution is -0.00584. The number of carbonyl (C=O) groups excluding carboxylic acids is 2. The maximum absolute atomic E-state index is 14.0. The number of aliphatic hydroxyl groups is 2. The summed E-state index contributed by atoms with van der Waals surface area (Å²) in [4.78, 5) is 47.2. The highest BCUT2D eigenvalue weighted by Crippen LogP contribution is 2.38. The highest BCUT2D eigenvalue weighted by Gasteiger charge is 2.37. The molecule has 23 nitrogen and oxygen atoms in total. The van der Waals surface area contributed by atoms with Crippen LogP contribution in [0, 0.1) is 0 Å². The average molecular weight is 1310 g/mol. The maximum atomic E-state index is 14.0. The summed E-state index contributed by atoms with van der Waals surface area (Å²) in [7, 11) is -7.22. The Bertz CT molecular complexity index is 3650. The van der Waals surface area contributed by atoms with Crippen molar-refractivity contribution in [1.82, 2.24) is 39.0 Å². The summed E-state index contributed by atoms with van der Waals surface area (Å²) in [5.74, 6) is 1.84. The number of carbonyl (C=O) groups is 2. The Morgan fingerprint density at radius 2 is 0.965 bits per heavy atom. The highest BCUT2D eigenvalue weighted by molar-refractivity contribution is 7.92. The topological polar surface area (TPSA) is 262 Å². The number of benzene rings is 2. The van der Waals surface area contributed by atoms with Crippen molar-refractivity contribution < 1.29 is 46.1 Å². The second-order valence-corrected chi connectivity index (χ2v) is 28.0. The van der Waals surface area contributed by atoms with Gasteiger partial charge in [-0.15, -0.1) is 12.4 Å². The number of ether oxygens (including phenoxy) is 2. The molecule has 1 saturated carbocycles. The van der Waals surface area contributed by atoms with Crippen molar-refractivity contribution >= 4 is 119 Å². The molecule has 6 atom stereocenters. The van der Waals surface area contributed by atoms with Gasteiger partial charge in [0.15, 0.2) is 11.3 Å². The molecule has 4 aromatic heterocycles. The quantitative estimate of drug-likeness (QED) is 0.0890. The number of amides is 2. The zero-order valence-corrected chi connectivity index (χ0v) is 53.6. The minimum Gasteiger partial charge on any atom is -0.393 e. The van der Waals surface area contributed by atoms with E-state index in [1.54, 1.807) is 32.5 Å². The normalized spacial score (nSPS) is 23.1. The molecule has 2 aromatic carbocycles. The van der Waals surface area contributed by atoms with E-state index in [0.29, 0.717) is 103 Å². The molecule has 2 amide bonds. The Kier molecular flexibility index (Phi) is 20.5. The fraction of sp³-hybridized carbons (Fsp3) is 0.544. The maximum Gasteiger partial charge on any atom is 0.256 e. The monoisotopic (exact) mass is 1310 g/mol. The molecule has 0 bridgehead atoms. The number of morpholine rings is 2. The summed E-state index contributed by atoms with van der Waals surface area (Å²) < 4.78 is 68.3. The lowest BCUT2D eigenvalue weighted by Gasteiger charge is -2.39. The first-order valence-corrected chi connectivity index (χ1v) is 33.8. The number of aromatic nitrogens is 6. The van der Waals surface area contributed by atoms with Gasteiger partial charge < -0.3 is 44.2 Å². The van der Waals surface area contributed by atoms with Gasteiger partial charge in [0.1, 0.15) is 22.6 Å². The highest BCUT2D eigenvalue weighted by atomic mass is 35.5. The van der Waals surface area contributed by atoms with Crippen molar-refractivity contribution in [1.29, 1.82) is 0 Å². The van der Waals surface area contributed by atoms with Crippen molar-refractivity contribution in [3.63, 3.8) is 0 Å². The number of anilines is 5. The molecule has 5 aliphatic heterocycles. The van der Waals surface area contributed by atoms with E-state index in [2.05, 4.69) is 38.1 Å². The van der Waals surface area contributed by atoms with Crippen molar-refractivity contribution in [2.45, 2.75) is 134 Å². The molecule has 6 aliphatic rings. The number of rotatable bonds is 11. The van der Waals surface area contributed by atoms with Crippen molar-refractivity contribution in [2.24, 2.45) is 0 Å². The van der Waals surface area contributed by atoms with E-state index < -0.39 is 20.0 Å². The smallest absolute Gasteiger partial charge is 0.256 e. The third-order valence-electron chi connectivity index (χ3n) is 15.8. The Morgan fingerprint density at radius 1 is 0.547 bits per heavy atom. The molecular weight excluding hydrogens is 1230 g/mol. The molecule has 9 heterocycles. The van der Waals surface area contributed by atoms with E-state index in [0.717, 1.165) is 68.5 Å². The fourth-order valence-corrected chi connectivity index (χ4v) is 13.5. The summed E-state index contributed by atoms with van der Waals surface area (Å²) in [5, 5.41) is 29.3. The number of nitrogens with zero attached hydrogens (tertiary/aromatic N) is 11. The Balaban J connectivity index is 0.000000188. The van der Waals surface area contributed by atoms with Crippen molar-refractivity contribution in [3.05, 3.63) is 98.4 Å². The molecule has 29 heteroatoms. The zero-order valence-electron chi connectivity index (χ0n) is 48.9. The minimum absolute atomic E-state index is 0. The van der Waals surface area contributed by atoms with E-state index in [-0.39, 0.29) is 95.4 Å². The molecule has 0 radical (unpaired) electrons. The summed E-state index contributed by atoms with van der Waals surface area (Å²) >= 11 is 18.9. The molecule has 0 spiro atoms. The van der Waals surface area contributed by atoms with Crippen LogP contribution >= 0.6 is 47.2 Å². The molecule has 1 aliphatic carbocycles. The van der Waals surface area contributed by atoms with Gasteiger partial charge in [-0.3, -0.25) is 19.0 Å². The number of halogens is 4. The predicted octanol–water partition coefficient (Wildman–Crippen LogP) is 8.26. The predicted molar refractivity (Wildman–Crippen MR) is 336 cm³/mol. The fourth-order valence-electron chi connectivity index (χ4n) is 11.8. The number of aliphatic hydroxyl groups excluding tert-OH is 2. The first kappa shape index (κ1) is 65.0. The van der Waals surface area contributed by atoms with E-state index >= 15 is 0 Å². The van der Waals surface area contributed by atoms with Crippen LogP contribution in [0.25, 0.3) is 11.3 Å². The summed E-state index contributed by atoms with van der Waals surface area (Å²) in [6, 6.07) is 16.1. The van der Waals surface area contributed by atoms with Gasteiger partial charge in [-0.1, -0.05) is 34.8 Å². The largest absolute Gasteiger partial charge is 0.393 e. The summed E-state index contributed by atoms with van der Waals surface area (Å²) in [6.45, 7) is 13.0. The van der Waals surface area contributed by atoms with Crippen LogP contribution in [-0.2, 0) is 29.5 Å². The van der Waals surface area contributed by atoms with Gasteiger partial charge in [-0.2, -0.15) is 19.2 Å². The molecule has 468 valence electrons. The minimum atomic E-state index is -3.62. The van der Waals surface area contributed by atoms with E-state index in [9.17, 15) is 31.5 Å². The van der Waals surface area contributed by atoms with E-state index in [1.165, 1.54) is 30.7 Å². The van der Waals surface area contributed by atoms with Crippen LogP contribution in [0.2, 0.25) is 15.2 Å². The van der Waals surface area contributed by atoms with Crippen LogP contribution in [0.4, 0.5) is 28.8 Å². The SMILES string of the molecule is C[C@@H]1CN(c2cc(Cl)nc3cc([C@@H]4CCCCN4C(=O)c4cc(Cl)ccc4NS(C)(=O)=O)nn23)C[C@H](C)O1.C[C@@H]1CN(c2cc(N3CC(O)C3)nc3cc([C@@H]4CCCCN4C(=O)c4cc(Cl)ccc4NS(C)(=O)=O)nn23)C[C@H](C)O1.Cl.OC1CCC1. The van der Waals surface area contributed by atoms with Gasteiger partial charge in [0.05, 0.1) is 95.1 Å². The first-order valence-electron chi connectivity index (χ1n) is 28.9. The number of fused-ring (bicyclic) bond motifs is 2. The third kappa shape index (κ3) is 15.5. The number of nitrogens with one attached hydrogen (secondary N) is 2. The average Bonchev–Trinajstić information content (AvgIpc) is 1.71. The van der Waals surface area contributed by atoms with Gasteiger partial charge in [-0.05, 0) is 122 Å². The molecule has 0 unspecified atom stereocenters. The molecule has 6 aromatic rings. The van der Waals surface area contributed by atoms with Gasteiger partial charge >= 0.3 is 0 Å². The van der Waals surface area contributed by atoms with E-state index in [4.69, 9.17) is 64.6 Å². The van der Waals surface area contributed by atoms with Crippen LogP contribution in [-0.4, -0.2) is 179 Å². The molecule has 86 heavy (non-hydrogen) atoms. The number of hydrogen-bond acceptors (Lipinski definition) is 17. The van der Waals surface area contributed by atoms with Crippen molar-refractivity contribution in [2.75, 3.05) is 89.0 Å². The number of piperidine rings is 2. The first-order chi connectivity index (χ1) is 40.3. The lowest BCUT2D eigenvalue weighted by atomic mass is 9.97. The standard InChI is InChI=1S/C28H36ClN7O5S.C25H30Cl2N6O4S.C4H8O.ClH/c1-17-13-34(14-18(2)41-17)27-12-25(33-15-20(37)16-33)30-26-11-23(31-36(26)27)24-6-4-5-9-35(24)28(38)21-10-19(29)7-8-22(21)32-42(3,39)40;1-15-13-31(14-16(2)37-15)24-12-22(27)28-23-11-20(29-33(23)24)21-6-4-5-9-32(21)25(34)18-10-17(26)7-8-19(18)30-38(3,35)36;5-4-2-1-3-4;/h7-8,10-12,17-18,20,24,32,37H,4-6,9,13-16H2,1-3H3;7-8,10-12,15-16,21,30H,4-6,9,13-14H2,1-3H3;4-5H,1-3H2;1H/t17-,18+,24-;15-,16+,21-;;/m00../s1. The second-order valence-electron chi connectivity index (χ2n) is 23.2. The van der Waals surface area contributed by atoms with Crippen LogP contribution in [0.3, 0.4) is 0 Å². The molecule has 6 fully saturated rings. The summed E-state index contributed by atoms with van der Waals surface area (Å²) in [5.41, 5.74) is 3.42. The zero-order chi connectivity index (χ0) is 60.6. The number of likely N-dealkylation sites (tertiary alicyclic amines) is 2. The van der Waals surface area contributed by atoms with Crippen LogP contribution in [0.5, 0.6) is 0 Å². The number of hydrogen-bond donors (Lipinski definition) is 4. The molecule has 5 saturated heterocycles. The van der Waals surface area contributed by atoms with Crippen LogP contribution < -0.4 is 24.1 Å². The van der Waals surface area contributed by atoms with Gasteiger partial charge in [0.25, 0.3) is 11.8 Å². The van der Waals surface area contributed by atoms with E-state index in [1.807, 2.05) is 41.5 Å². The van der Waals surface area contributed by atoms with Crippen molar-refractivity contribution in [3.8, 4) is 0 Å². The van der Waals surface area contributed by atoms with Crippen LogP contribution in [0.15, 0.2) is 60.7 Å². The Labute approximate surface area is 522 Å².